The first-order chi connectivity index (χ1) is 19.6. The van der Waals surface area contributed by atoms with Gasteiger partial charge in [0.15, 0.2) is 35.0 Å². The standard InChI is InChI=1S/C25H34F2N7O7P/c1-14(2)39-20(35)15(3)32-42(37,41-16-10-8-7-9-11-16)38-12-25(27)21(36)24(4,26)22(40-25)34-13-29-17-18(33(5)6)30-23(28)31-19(17)34/h7-11,13-15,21-22,36H,12H2,1-6H3,(H,32,37)(H2,28,30,31)/t15-,21-,22+,24+,25+,42+/m0/s1. The molecule has 2 aromatic heterocycles. The van der Waals surface area contributed by atoms with Crippen molar-refractivity contribution in [1.82, 2.24) is 24.6 Å². The highest BCUT2D eigenvalue weighted by Crippen LogP contribution is 2.52. The number of nitrogens with zero attached hydrogens (tertiary/aromatic N) is 5. The number of nitrogens with one attached hydrogen (secondary N) is 1. The van der Waals surface area contributed by atoms with E-state index in [4.69, 9.17) is 24.3 Å². The average Bonchev–Trinajstić information content (AvgIpc) is 3.39. The third-order valence-corrected chi connectivity index (χ3v) is 7.91. The smallest absolute Gasteiger partial charge is 0.459 e. The molecule has 230 valence electrons. The number of ether oxygens (including phenoxy) is 2. The second kappa shape index (κ2) is 11.7. The molecule has 4 N–H and O–H groups in total. The van der Waals surface area contributed by atoms with Crippen LogP contribution in [0.5, 0.6) is 5.75 Å². The zero-order valence-corrected chi connectivity index (χ0v) is 24.8. The van der Waals surface area contributed by atoms with Gasteiger partial charge < -0.3 is 29.7 Å². The minimum Gasteiger partial charge on any atom is -0.462 e. The molecule has 0 amide bonds. The van der Waals surface area contributed by atoms with Crippen LogP contribution in [0.2, 0.25) is 0 Å². The van der Waals surface area contributed by atoms with Crippen molar-refractivity contribution < 1.29 is 41.8 Å². The highest BCUT2D eigenvalue weighted by atomic mass is 31.2. The van der Waals surface area contributed by atoms with Crippen molar-refractivity contribution in [3.05, 3.63) is 36.7 Å². The highest BCUT2D eigenvalue weighted by Gasteiger charge is 2.65. The predicted molar refractivity (Wildman–Crippen MR) is 148 cm³/mol. The third kappa shape index (κ3) is 6.32. The Hall–Kier alpha value is -3.43. The Morgan fingerprint density at radius 3 is 2.55 bits per heavy atom. The molecule has 3 aromatic rings. The van der Waals surface area contributed by atoms with Gasteiger partial charge in [-0.3, -0.25) is 13.9 Å². The molecule has 0 bridgehead atoms. The number of benzene rings is 1. The van der Waals surface area contributed by atoms with Crippen LogP contribution < -0.4 is 20.2 Å². The maximum absolute atomic E-state index is 16.2. The minimum absolute atomic E-state index is 0.0229. The second-order valence-electron chi connectivity index (χ2n) is 10.4. The Bertz CT molecular complexity index is 1480. The lowest BCUT2D eigenvalue weighted by Gasteiger charge is -2.28. The Morgan fingerprint density at radius 1 is 1.26 bits per heavy atom. The number of rotatable bonds is 11. The monoisotopic (exact) mass is 613 g/mol. The van der Waals surface area contributed by atoms with Crippen LogP contribution in [0.15, 0.2) is 36.7 Å². The van der Waals surface area contributed by atoms with Gasteiger partial charge in [0.1, 0.15) is 18.4 Å². The van der Waals surface area contributed by atoms with E-state index < -0.39 is 56.3 Å². The van der Waals surface area contributed by atoms with E-state index in [0.29, 0.717) is 5.82 Å². The van der Waals surface area contributed by atoms with Crippen molar-refractivity contribution >= 4 is 36.6 Å². The molecule has 0 aliphatic carbocycles. The summed E-state index contributed by atoms with van der Waals surface area (Å²) >= 11 is 0. The molecule has 1 saturated heterocycles. The van der Waals surface area contributed by atoms with Crippen LogP contribution in [0.3, 0.4) is 0 Å². The molecule has 0 saturated carbocycles. The fourth-order valence-corrected chi connectivity index (χ4v) is 5.78. The lowest BCUT2D eigenvalue weighted by atomic mass is 9.97. The number of carbonyl (C=O) groups is 1. The largest absolute Gasteiger partial charge is 0.462 e. The van der Waals surface area contributed by atoms with E-state index in [0.717, 1.165) is 17.8 Å². The first kappa shape index (κ1) is 31.5. The molecule has 3 heterocycles. The van der Waals surface area contributed by atoms with E-state index in [9.17, 15) is 14.5 Å². The summed E-state index contributed by atoms with van der Waals surface area (Å²) in [6, 6.07) is 6.53. The van der Waals surface area contributed by atoms with Gasteiger partial charge in [-0.05, 0) is 39.8 Å². The van der Waals surface area contributed by atoms with Gasteiger partial charge in [0, 0.05) is 14.1 Å². The van der Waals surface area contributed by atoms with E-state index >= 15 is 8.78 Å². The number of para-hydroxylation sites is 1. The SMILES string of the molecule is CC(C)OC(=O)[C@H](C)N[P@@](=O)(OC[C@@]1(F)O[C@@H](n2cnc3c(N(C)C)nc(N)nc32)[C@](C)(F)[C@@H]1O)Oc1ccccc1. The van der Waals surface area contributed by atoms with E-state index in [2.05, 4.69) is 20.0 Å². The summed E-state index contributed by atoms with van der Waals surface area (Å²) in [5.74, 6) is -3.80. The van der Waals surface area contributed by atoms with Crippen LogP contribution in [-0.4, -0.2) is 81.1 Å². The van der Waals surface area contributed by atoms with Crippen molar-refractivity contribution in [2.45, 2.75) is 63.7 Å². The van der Waals surface area contributed by atoms with Crippen molar-refractivity contribution in [3.8, 4) is 5.75 Å². The number of halogens is 2. The number of esters is 1. The van der Waals surface area contributed by atoms with Gasteiger partial charge in [-0.2, -0.15) is 15.1 Å². The van der Waals surface area contributed by atoms with Gasteiger partial charge in [-0.15, -0.1) is 0 Å². The van der Waals surface area contributed by atoms with Crippen LogP contribution in [0.25, 0.3) is 11.2 Å². The molecule has 14 nitrogen and oxygen atoms in total. The number of hydrogen-bond donors (Lipinski definition) is 3. The highest BCUT2D eigenvalue weighted by molar-refractivity contribution is 7.52. The van der Waals surface area contributed by atoms with Crippen molar-refractivity contribution in [3.63, 3.8) is 0 Å². The quantitative estimate of drug-likeness (QED) is 0.213. The maximum atomic E-state index is 16.2. The number of nitrogens with two attached hydrogens (primary N) is 1. The molecular formula is C25H34F2N7O7P. The minimum atomic E-state index is -4.57. The summed E-state index contributed by atoms with van der Waals surface area (Å²) in [6.07, 6.45) is -3.56. The second-order valence-corrected chi connectivity index (χ2v) is 12.1. The van der Waals surface area contributed by atoms with Gasteiger partial charge in [0.25, 0.3) is 5.85 Å². The molecule has 1 aliphatic heterocycles. The van der Waals surface area contributed by atoms with E-state index in [1.54, 1.807) is 51.0 Å². The fraction of sp³-hybridized carbons (Fsp3) is 0.520. The molecule has 6 atom stereocenters. The number of imidazole rings is 1. The summed E-state index contributed by atoms with van der Waals surface area (Å²) in [6.45, 7) is 4.26. The summed E-state index contributed by atoms with van der Waals surface area (Å²) in [7, 11) is -1.19. The Kier molecular flexibility index (Phi) is 8.77. The van der Waals surface area contributed by atoms with Crippen LogP contribution in [0.4, 0.5) is 20.5 Å². The van der Waals surface area contributed by atoms with Gasteiger partial charge in [0.05, 0.1) is 12.4 Å². The number of aromatic nitrogens is 4. The normalized spacial score (nSPS) is 26.2. The number of carbonyl (C=O) groups excluding carboxylic acids is 1. The number of nitrogen functional groups attached to an aromatic ring is 1. The Labute approximate surface area is 240 Å². The molecule has 1 aromatic carbocycles. The summed E-state index contributed by atoms with van der Waals surface area (Å²) in [5.41, 5.74) is 3.31. The lowest BCUT2D eigenvalue weighted by Crippen LogP contribution is -2.47. The molecule has 0 radical (unpaired) electrons. The molecule has 0 spiro atoms. The number of aliphatic hydroxyl groups is 1. The summed E-state index contributed by atoms with van der Waals surface area (Å²) in [4.78, 5) is 26.4. The van der Waals surface area contributed by atoms with Gasteiger partial charge in [-0.25, -0.2) is 18.3 Å². The van der Waals surface area contributed by atoms with E-state index in [1.807, 2.05) is 0 Å². The number of alkyl halides is 2. The number of aliphatic hydroxyl groups excluding tert-OH is 1. The van der Waals surface area contributed by atoms with Gasteiger partial charge >= 0.3 is 13.7 Å². The zero-order valence-electron chi connectivity index (χ0n) is 23.9. The molecule has 4 rings (SSSR count). The lowest BCUT2D eigenvalue weighted by molar-refractivity contribution is -0.202. The molecule has 17 heteroatoms. The molecular weight excluding hydrogens is 579 g/mol. The molecule has 1 aliphatic rings. The number of anilines is 2. The first-order valence-electron chi connectivity index (χ1n) is 12.9. The number of fused-ring (bicyclic) bond motifs is 1. The van der Waals surface area contributed by atoms with Gasteiger partial charge in [0.2, 0.25) is 5.95 Å². The first-order valence-corrected chi connectivity index (χ1v) is 14.5. The van der Waals surface area contributed by atoms with E-state index in [-0.39, 0.29) is 22.9 Å². The topological polar surface area (TPSA) is 176 Å². The fourth-order valence-electron chi connectivity index (χ4n) is 4.27. The Morgan fingerprint density at radius 2 is 1.93 bits per heavy atom. The third-order valence-electron chi connectivity index (χ3n) is 6.29. The zero-order chi connectivity index (χ0) is 31.0. The van der Waals surface area contributed by atoms with E-state index in [1.165, 1.54) is 19.1 Å². The summed E-state index contributed by atoms with van der Waals surface area (Å²) in [5, 5.41) is 13.2. The molecule has 1 fully saturated rings. The van der Waals surface area contributed by atoms with Crippen LogP contribution >= 0.6 is 7.75 Å². The van der Waals surface area contributed by atoms with Crippen LogP contribution in [0, 0.1) is 0 Å². The average molecular weight is 614 g/mol. The van der Waals surface area contributed by atoms with Crippen molar-refractivity contribution in [2.75, 3.05) is 31.3 Å². The van der Waals surface area contributed by atoms with Crippen LogP contribution in [0.1, 0.15) is 33.9 Å². The predicted octanol–water partition coefficient (Wildman–Crippen LogP) is 2.89. The summed E-state index contributed by atoms with van der Waals surface area (Å²) < 4.78 is 68.5. The number of hydrogen-bond acceptors (Lipinski definition) is 12. The van der Waals surface area contributed by atoms with Crippen LogP contribution in [-0.2, 0) is 23.4 Å². The molecule has 42 heavy (non-hydrogen) atoms. The Balaban J connectivity index is 1.62. The maximum Gasteiger partial charge on any atom is 0.459 e. The van der Waals surface area contributed by atoms with Crippen molar-refractivity contribution in [2.24, 2.45) is 0 Å². The van der Waals surface area contributed by atoms with Crippen molar-refractivity contribution in [1.29, 1.82) is 0 Å². The van der Waals surface area contributed by atoms with Gasteiger partial charge in [-0.1, -0.05) is 18.2 Å². The molecule has 0 unspecified atom stereocenters.